The molecule has 0 spiro atoms. The zero-order chi connectivity index (χ0) is 58.4. The quantitative estimate of drug-likeness (QED) is 0.0156. The van der Waals surface area contributed by atoms with Crippen LogP contribution in [0.4, 0.5) is 0 Å². The van der Waals surface area contributed by atoms with Gasteiger partial charge in [0.15, 0.2) is 24.7 Å². The summed E-state index contributed by atoms with van der Waals surface area (Å²) in [5.74, 6) is -9.43. The summed E-state index contributed by atoms with van der Waals surface area (Å²) in [7, 11) is 1.36. The molecule has 12 atom stereocenters. The Morgan fingerprint density at radius 2 is 0.961 bits per heavy atom. The van der Waals surface area contributed by atoms with Gasteiger partial charge in [0.05, 0.1) is 24.7 Å². The van der Waals surface area contributed by atoms with Crippen LogP contribution in [0.15, 0.2) is 25.3 Å². The molecule has 0 aromatic rings. The number of carbonyl (C=O) groups is 14. The minimum Gasteiger partial charge on any atom is -0.357 e. The summed E-state index contributed by atoms with van der Waals surface area (Å²) in [6.45, 7) is 21.0. The minimum absolute atomic E-state index is 0.0242. The van der Waals surface area contributed by atoms with Crippen molar-refractivity contribution in [3.8, 4) is 0 Å². The third-order valence-corrected chi connectivity index (χ3v) is 10.9. The lowest BCUT2D eigenvalue weighted by atomic mass is 10.0. The molecule has 0 aromatic heterocycles. The monoisotopic (exact) mass is 1080 g/mol. The molecule has 426 valence electrons. The van der Waals surface area contributed by atoms with Crippen LogP contribution in [-0.4, -0.2) is 182 Å². The molecule has 76 heavy (non-hydrogen) atoms. The van der Waals surface area contributed by atoms with Gasteiger partial charge in [-0.1, -0.05) is 39.8 Å². The number of nitrogens with zero attached hydrogens (tertiary/aromatic N) is 1. The smallest absolute Gasteiger partial charge is 0.262 e. The van der Waals surface area contributed by atoms with Crippen LogP contribution in [0, 0.1) is 11.8 Å². The number of amides is 10. The maximum absolute atomic E-state index is 14.4. The summed E-state index contributed by atoms with van der Waals surface area (Å²) >= 11 is 0. The second-order valence-corrected chi connectivity index (χ2v) is 18.4. The Morgan fingerprint density at radius 3 is 1.42 bits per heavy atom. The maximum atomic E-state index is 14.4. The number of likely N-dealkylation sites (N-methyl/N-ethyl adjacent to an activating group) is 1. The Bertz CT molecular complexity index is 2060. The van der Waals surface area contributed by atoms with Gasteiger partial charge in [-0.25, -0.2) is 0 Å². The van der Waals surface area contributed by atoms with Gasteiger partial charge in [-0.05, 0) is 66.2 Å². The van der Waals surface area contributed by atoms with E-state index in [-0.39, 0.29) is 18.8 Å². The molecule has 0 fully saturated rings. The van der Waals surface area contributed by atoms with Crippen molar-refractivity contribution in [3.05, 3.63) is 25.3 Å². The van der Waals surface area contributed by atoms with Gasteiger partial charge in [0.2, 0.25) is 35.4 Å². The molecule has 0 radical (unpaired) electrons. The number of hydrogen-bond acceptors (Lipinski definition) is 18. The van der Waals surface area contributed by atoms with Crippen LogP contribution in [0.5, 0.6) is 0 Å². The van der Waals surface area contributed by atoms with Gasteiger partial charge in [0, 0.05) is 20.0 Å². The van der Waals surface area contributed by atoms with Crippen LogP contribution in [0.2, 0.25) is 0 Å². The summed E-state index contributed by atoms with van der Waals surface area (Å²) in [6.07, 6.45) is -2.00. The minimum atomic E-state index is -1.80. The van der Waals surface area contributed by atoms with Crippen molar-refractivity contribution in [2.75, 3.05) is 20.1 Å². The standard InChI is InChI=1S/C48H80N14O14/c1-14-16-17-35(67)52-29(9)43(71)61-38(58-34(24-66)26(5)6)48(76)62(19-15-2)39(50-18-20-63)47(75)56-31(11)42(70)54-32(12)44(72)59-37(57-33(23-65)21-25(3)4)46(74)60-36(51-27(7)22-64)45(73)55-30(10)41(69)53-28(8)40(68)49-13/h14-15,20,22-34,36-39,50-51,57-58H,1-2,16-19,21H2,3-13H3,(H,49,68)(H,52,67)(H,53,69)(H,54,70)(H,55,73)(H,56,75)(H,59,72)(H,60,74)(H,61,71)/t27-,28-,29-,30-,31-,32-,33+,34-,36-,37+,38+,39-/m0/s1. The van der Waals surface area contributed by atoms with Crippen LogP contribution in [-0.2, 0) is 67.1 Å². The van der Waals surface area contributed by atoms with Crippen LogP contribution < -0.4 is 69.1 Å². The van der Waals surface area contributed by atoms with Crippen molar-refractivity contribution in [1.82, 2.24) is 74.0 Å². The number of nitrogens with one attached hydrogen (secondary N) is 13. The largest absolute Gasteiger partial charge is 0.357 e. The molecular weight excluding hydrogens is 997 g/mol. The molecule has 13 N–H and O–H groups in total. The van der Waals surface area contributed by atoms with Crippen molar-refractivity contribution >= 4 is 84.2 Å². The highest BCUT2D eigenvalue weighted by Gasteiger charge is 2.38. The van der Waals surface area contributed by atoms with Crippen LogP contribution >= 0.6 is 0 Å². The lowest BCUT2D eigenvalue weighted by molar-refractivity contribution is -0.146. The van der Waals surface area contributed by atoms with E-state index in [1.807, 2.05) is 0 Å². The van der Waals surface area contributed by atoms with E-state index in [0.29, 0.717) is 31.6 Å². The van der Waals surface area contributed by atoms with E-state index in [0.717, 1.165) is 4.90 Å². The number of hydrogen-bond donors (Lipinski definition) is 13. The molecule has 0 saturated heterocycles. The summed E-state index contributed by atoms with van der Waals surface area (Å²) in [4.78, 5) is 182. The van der Waals surface area contributed by atoms with Gasteiger partial charge in [0.1, 0.15) is 55.4 Å². The predicted octanol–water partition coefficient (Wildman–Crippen LogP) is -5.13. The zero-order valence-electron chi connectivity index (χ0n) is 45.2. The van der Waals surface area contributed by atoms with Crippen molar-refractivity contribution in [2.24, 2.45) is 11.8 Å². The summed E-state index contributed by atoms with van der Waals surface area (Å²) in [6, 6.07) is -9.57. The first-order valence-corrected chi connectivity index (χ1v) is 24.6. The number of carbonyl (C=O) groups excluding carboxylic acids is 14. The van der Waals surface area contributed by atoms with Gasteiger partial charge in [-0.3, -0.25) is 69.2 Å². The van der Waals surface area contributed by atoms with E-state index < -0.39 is 151 Å². The molecular formula is C48H80N14O14. The third kappa shape index (κ3) is 24.8. The van der Waals surface area contributed by atoms with E-state index in [4.69, 9.17) is 0 Å². The van der Waals surface area contributed by atoms with Crippen molar-refractivity contribution in [2.45, 2.75) is 161 Å². The molecule has 0 unspecified atom stereocenters. The summed E-state index contributed by atoms with van der Waals surface area (Å²) in [5, 5.41) is 32.2. The number of aldehydes is 4. The Balaban J connectivity index is 6.68. The van der Waals surface area contributed by atoms with Crippen LogP contribution in [0.1, 0.15) is 88.5 Å². The fourth-order valence-electron chi connectivity index (χ4n) is 6.56. The lowest BCUT2D eigenvalue weighted by Crippen LogP contribution is -2.67. The number of allylic oxidation sites excluding steroid dienone is 1. The first-order valence-electron chi connectivity index (χ1n) is 24.6. The van der Waals surface area contributed by atoms with E-state index >= 15 is 0 Å². The molecule has 28 nitrogen and oxygen atoms in total. The average molecular weight is 1080 g/mol. The molecule has 28 heteroatoms. The van der Waals surface area contributed by atoms with E-state index in [1.54, 1.807) is 27.7 Å². The van der Waals surface area contributed by atoms with Crippen molar-refractivity contribution < 1.29 is 67.1 Å². The molecule has 10 amide bonds. The highest BCUT2D eigenvalue weighted by molar-refractivity contribution is 5.98. The lowest BCUT2D eigenvalue weighted by Gasteiger charge is -2.35. The van der Waals surface area contributed by atoms with Crippen LogP contribution in [0.3, 0.4) is 0 Å². The molecule has 0 aromatic carbocycles. The molecule has 0 aliphatic rings. The van der Waals surface area contributed by atoms with E-state index in [2.05, 4.69) is 82.3 Å². The molecule has 0 saturated carbocycles. The van der Waals surface area contributed by atoms with Crippen molar-refractivity contribution in [3.63, 3.8) is 0 Å². The Kier molecular flexibility index (Phi) is 32.4. The normalized spacial score (nSPS) is 15.7. The van der Waals surface area contributed by atoms with E-state index in [9.17, 15) is 67.1 Å². The highest BCUT2D eigenvalue weighted by Crippen LogP contribution is 2.08. The van der Waals surface area contributed by atoms with Crippen molar-refractivity contribution in [1.29, 1.82) is 0 Å². The second-order valence-electron chi connectivity index (χ2n) is 18.4. The number of rotatable bonds is 38. The first-order chi connectivity index (χ1) is 35.7. The Hall–Kier alpha value is -7.30. The Morgan fingerprint density at radius 1 is 0.500 bits per heavy atom. The second kappa shape index (κ2) is 35.8. The summed E-state index contributed by atoms with van der Waals surface area (Å²) < 4.78 is 0. The average Bonchev–Trinajstić information content (AvgIpc) is 3.36. The molecule has 0 aliphatic carbocycles. The van der Waals surface area contributed by atoms with Gasteiger partial charge < -0.3 is 71.9 Å². The fraction of sp³-hybridized carbons (Fsp3) is 0.625. The van der Waals surface area contributed by atoms with Gasteiger partial charge in [-0.2, -0.15) is 0 Å². The predicted molar refractivity (Wildman–Crippen MR) is 276 cm³/mol. The van der Waals surface area contributed by atoms with Crippen LogP contribution in [0.25, 0.3) is 0 Å². The summed E-state index contributed by atoms with van der Waals surface area (Å²) in [5.41, 5.74) is 0. The highest BCUT2D eigenvalue weighted by atomic mass is 16.2. The molecule has 0 heterocycles. The molecule has 0 bridgehead atoms. The van der Waals surface area contributed by atoms with Gasteiger partial charge >= 0.3 is 0 Å². The van der Waals surface area contributed by atoms with E-state index in [1.165, 1.54) is 60.7 Å². The zero-order valence-corrected chi connectivity index (χ0v) is 45.2. The molecule has 0 rings (SSSR count). The Labute approximate surface area is 443 Å². The molecule has 0 aliphatic heterocycles. The van der Waals surface area contributed by atoms with Gasteiger partial charge in [0.25, 0.3) is 23.6 Å². The van der Waals surface area contributed by atoms with Gasteiger partial charge in [-0.15, -0.1) is 13.2 Å². The maximum Gasteiger partial charge on any atom is 0.262 e. The first kappa shape index (κ1) is 68.7. The third-order valence-electron chi connectivity index (χ3n) is 10.9. The topological polar surface area (TPSA) is 399 Å². The fourth-order valence-corrected chi connectivity index (χ4v) is 6.56. The SMILES string of the molecule is C=CCCC(=O)N[C@@H](C)C(=O)N[C@@H](N[C@@H](C=O)C(C)C)C(=O)N(CC=C)[C@H](NCC=O)C(=O)N[C@@H](C)C(=O)N[C@@H](C)C(=O)N[C@@H](N[C@@H](C=O)CC(C)C)C(=O)N[C@H](N[C@@H](C)C=O)C(=O)N[C@@H](C)C(=O)N[C@@H](C)C(=O)NC.